The number of rotatable bonds is 7. The highest BCUT2D eigenvalue weighted by Gasteiger charge is 2.16. The van der Waals surface area contributed by atoms with Gasteiger partial charge in [0.15, 0.2) is 12.4 Å². The average molecular weight is 374 g/mol. The first kappa shape index (κ1) is 18.4. The summed E-state index contributed by atoms with van der Waals surface area (Å²) in [5, 5.41) is 3.38. The van der Waals surface area contributed by atoms with Crippen LogP contribution < -0.4 is 10.1 Å². The Morgan fingerprint density at radius 1 is 1.08 bits per heavy atom. The van der Waals surface area contributed by atoms with Crippen molar-refractivity contribution in [1.29, 1.82) is 0 Å². The molecule has 1 amide bonds. The third-order valence-electron chi connectivity index (χ3n) is 4.14. The van der Waals surface area contributed by atoms with E-state index < -0.39 is 0 Å². The molecule has 0 aliphatic carbocycles. The predicted octanol–water partition coefficient (Wildman–Crippen LogP) is 3.25. The molecule has 1 aliphatic heterocycles. The van der Waals surface area contributed by atoms with Crippen LogP contribution >= 0.6 is 11.6 Å². The van der Waals surface area contributed by atoms with Gasteiger partial charge >= 0.3 is 0 Å². The van der Waals surface area contributed by atoms with E-state index in [1.165, 1.54) is 0 Å². The number of ether oxygens (including phenoxy) is 2. The van der Waals surface area contributed by atoms with Gasteiger partial charge in [-0.05, 0) is 61.4 Å². The lowest BCUT2D eigenvalue weighted by molar-refractivity contribution is -0.123. The summed E-state index contributed by atoms with van der Waals surface area (Å²) in [6, 6.07) is 13.4. The molecule has 0 saturated carbocycles. The molecule has 1 saturated heterocycles. The fourth-order valence-corrected chi connectivity index (χ4v) is 2.83. The number of halogens is 1. The minimum absolute atomic E-state index is 0.0722. The number of hydrogen-bond donors (Lipinski definition) is 1. The van der Waals surface area contributed by atoms with Crippen LogP contribution in [0.3, 0.4) is 0 Å². The van der Waals surface area contributed by atoms with Gasteiger partial charge in [-0.2, -0.15) is 0 Å². The molecule has 1 aliphatic rings. The Morgan fingerprint density at radius 3 is 2.35 bits per heavy atom. The number of ketones is 1. The lowest BCUT2D eigenvalue weighted by Gasteiger charge is -2.11. The van der Waals surface area contributed by atoms with Crippen LogP contribution in [0, 0.1) is 0 Å². The molecule has 1 N–H and O–H groups in total. The molecule has 1 fully saturated rings. The largest absolute Gasteiger partial charge is 0.484 e. The zero-order valence-corrected chi connectivity index (χ0v) is 15.0. The van der Waals surface area contributed by atoms with Gasteiger partial charge in [0.2, 0.25) is 0 Å². The lowest BCUT2D eigenvalue weighted by atomic mass is 10.0. The highest BCUT2D eigenvalue weighted by Crippen LogP contribution is 2.17. The number of hydrogen-bond acceptors (Lipinski definition) is 4. The summed E-state index contributed by atoms with van der Waals surface area (Å²) in [5.41, 5.74) is 1.11. The molecule has 2 aromatic rings. The van der Waals surface area contributed by atoms with E-state index in [9.17, 15) is 9.59 Å². The first-order valence-electron chi connectivity index (χ1n) is 8.53. The molecule has 1 heterocycles. The molecule has 136 valence electrons. The molecular formula is C20H20ClNO4. The van der Waals surface area contributed by atoms with Crippen molar-refractivity contribution in [3.63, 3.8) is 0 Å². The van der Waals surface area contributed by atoms with Crippen LogP contribution in [0.1, 0.15) is 28.8 Å². The van der Waals surface area contributed by atoms with E-state index in [1.807, 2.05) is 0 Å². The van der Waals surface area contributed by atoms with Crippen LogP contribution in [0.5, 0.6) is 5.75 Å². The van der Waals surface area contributed by atoms with Crippen LogP contribution in [0.2, 0.25) is 5.02 Å². The van der Waals surface area contributed by atoms with E-state index >= 15 is 0 Å². The van der Waals surface area contributed by atoms with Crippen molar-refractivity contribution in [1.82, 2.24) is 5.32 Å². The minimum Gasteiger partial charge on any atom is -0.484 e. The molecule has 1 atom stereocenters. The zero-order chi connectivity index (χ0) is 18.4. The van der Waals surface area contributed by atoms with Crippen molar-refractivity contribution in [2.75, 3.05) is 19.8 Å². The summed E-state index contributed by atoms with van der Waals surface area (Å²) in [5.74, 6) is 0.245. The summed E-state index contributed by atoms with van der Waals surface area (Å²) in [6.07, 6.45) is 2.12. The smallest absolute Gasteiger partial charge is 0.258 e. The summed E-state index contributed by atoms with van der Waals surface area (Å²) < 4.78 is 10.9. The summed E-state index contributed by atoms with van der Waals surface area (Å²) in [4.78, 5) is 24.2. The standard InChI is InChI=1S/C20H20ClNO4/c21-16-7-3-14(4-8-16)20(24)15-5-9-17(10-6-15)26-13-19(23)22-12-18-2-1-11-25-18/h3-10,18H,1-2,11-13H2,(H,22,23)/t18-/m1/s1. The van der Waals surface area contributed by atoms with Gasteiger partial charge in [-0.1, -0.05) is 11.6 Å². The summed E-state index contributed by atoms with van der Waals surface area (Å²) in [6.45, 7) is 1.20. The fraction of sp³-hybridized carbons (Fsp3) is 0.300. The van der Waals surface area contributed by atoms with Crippen LogP contribution in [-0.4, -0.2) is 37.6 Å². The maximum Gasteiger partial charge on any atom is 0.258 e. The highest BCUT2D eigenvalue weighted by atomic mass is 35.5. The Kier molecular flexibility index (Phi) is 6.26. The first-order valence-corrected chi connectivity index (χ1v) is 8.91. The molecule has 2 aromatic carbocycles. The Labute approximate surface area is 157 Å². The van der Waals surface area contributed by atoms with Crippen molar-refractivity contribution >= 4 is 23.3 Å². The minimum atomic E-state index is -0.193. The van der Waals surface area contributed by atoms with Gasteiger partial charge in [-0.3, -0.25) is 9.59 Å². The van der Waals surface area contributed by atoms with Crippen molar-refractivity contribution in [3.05, 3.63) is 64.7 Å². The van der Waals surface area contributed by atoms with Gasteiger partial charge in [0.05, 0.1) is 6.10 Å². The Morgan fingerprint density at radius 2 is 1.73 bits per heavy atom. The van der Waals surface area contributed by atoms with Gasteiger partial charge in [-0.15, -0.1) is 0 Å². The monoisotopic (exact) mass is 373 g/mol. The fourth-order valence-electron chi connectivity index (χ4n) is 2.70. The number of benzene rings is 2. The molecule has 26 heavy (non-hydrogen) atoms. The van der Waals surface area contributed by atoms with Gasteiger partial charge < -0.3 is 14.8 Å². The molecule has 0 spiro atoms. The number of amides is 1. The molecule has 5 nitrogen and oxygen atoms in total. The second-order valence-corrected chi connectivity index (χ2v) is 6.52. The normalized spacial score (nSPS) is 16.3. The predicted molar refractivity (Wildman–Crippen MR) is 98.8 cm³/mol. The van der Waals surface area contributed by atoms with Gasteiger partial charge in [-0.25, -0.2) is 0 Å². The maximum absolute atomic E-state index is 12.4. The Balaban J connectivity index is 1.48. The maximum atomic E-state index is 12.4. The summed E-state index contributed by atoms with van der Waals surface area (Å²) >= 11 is 5.84. The van der Waals surface area contributed by atoms with Crippen LogP contribution in [0.4, 0.5) is 0 Å². The van der Waals surface area contributed by atoms with Crippen LogP contribution in [0.15, 0.2) is 48.5 Å². The third-order valence-corrected chi connectivity index (χ3v) is 4.40. The molecule has 0 aromatic heterocycles. The highest BCUT2D eigenvalue weighted by molar-refractivity contribution is 6.30. The second kappa shape index (κ2) is 8.83. The molecule has 6 heteroatoms. The molecule has 0 radical (unpaired) electrons. The quantitative estimate of drug-likeness (QED) is 0.757. The molecular weight excluding hydrogens is 354 g/mol. The second-order valence-electron chi connectivity index (χ2n) is 6.09. The van der Waals surface area contributed by atoms with E-state index in [0.29, 0.717) is 28.4 Å². The van der Waals surface area contributed by atoms with Crippen molar-refractivity contribution < 1.29 is 19.1 Å². The molecule has 0 bridgehead atoms. The SMILES string of the molecule is O=C(COc1ccc(C(=O)c2ccc(Cl)cc2)cc1)NC[C@H]1CCCO1. The zero-order valence-electron chi connectivity index (χ0n) is 14.2. The van der Waals surface area contributed by atoms with E-state index in [0.717, 1.165) is 19.4 Å². The van der Waals surface area contributed by atoms with Gasteiger partial charge in [0.1, 0.15) is 5.75 Å². The van der Waals surface area contributed by atoms with E-state index in [1.54, 1.807) is 48.5 Å². The van der Waals surface area contributed by atoms with Gasteiger partial charge in [0, 0.05) is 29.3 Å². The van der Waals surface area contributed by atoms with E-state index in [-0.39, 0.29) is 24.4 Å². The van der Waals surface area contributed by atoms with Gasteiger partial charge in [0.25, 0.3) is 5.91 Å². The third kappa shape index (κ3) is 5.07. The lowest BCUT2D eigenvalue weighted by Crippen LogP contribution is -2.35. The number of carbonyl (C=O) groups is 2. The van der Waals surface area contributed by atoms with Crippen molar-refractivity contribution in [2.45, 2.75) is 18.9 Å². The molecule has 3 rings (SSSR count). The van der Waals surface area contributed by atoms with Crippen molar-refractivity contribution in [3.8, 4) is 5.75 Å². The Bertz CT molecular complexity index is 752. The van der Waals surface area contributed by atoms with Crippen LogP contribution in [0.25, 0.3) is 0 Å². The first-order chi connectivity index (χ1) is 12.6. The van der Waals surface area contributed by atoms with Crippen LogP contribution in [-0.2, 0) is 9.53 Å². The topological polar surface area (TPSA) is 64.6 Å². The van der Waals surface area contributed by atoms with E-state index in [2.05, 4.69) is 5.32 Å². The summed E-state index contributed by atoms with van der Waals surface area (Å²) in [7, 11) is 0. The molecule has 0 unspecified atom stereocenters. The van der Waals surface area contributed by atoms with Crippen molar-refractivity contribution in [2.24, 2.45) is 0 Å². The Hall–Kier alpha value is -2.37. The average Bonchev–Trinajstić information content (AvgIpc) is 3.19. The van der Waals surface area contributed by atoms with E-state index in [4.69, 9.17) is 21.1 Å². The number of carbonyl (C=O) groups excluding carboxylic acids is 2. The number of nitrogens with one attached hydrogen (secondary N) is 1.